The summed E-state index contributed by atoms with van der Waals surface area (Å²) in [4.78, 5) is 37.8. The highest BCUT2D eigenvalue weighted by Gasteiger charge is 2.36. The smallest absolute Gasteiger partial charge is 0.341 e. The molecule has 0 aromatic heterocycles. The lowest BCUT2D eigenvalue weighted by atomic mass is 9.78. The van der Waals surface area contributed by atoms with E-state index in [0.29, 0.717) is 31.3 Å². The molecule has 0 spiro atoms. The van der Waals surface area contributed by atoms with Gasteiger partial charge >= 0.3 is 5.97 Å². The molecule has 1 amide bonds. The van der Waals surface area contributed by atoms with E-state index in [4.69, 9.17) is 9.47 Å². The van der Waals surface area contributed by atoms with Crippen LogP contribution in [0.1, 0.15) is 48.9 Å². The van der Waals surface area contributed by atoms with E-state index in [0.717, 1.165) is 32.1 Å². The molecule has 1 aromatic rings. The molecule has 9 nitrogen and oxygen atoms in total. The fourth-order valence-electron chi connectivity index (χ4n) is 4.48. The predicted octanol–water partition coefficient (Wildman–Crippen LogP) is 2.99. The Labute approximate surface area is 175 Å². The molecule has 9 heteroatoms. The first kappa shape index (κ1) is 22.0. The highest BCUT2D eigenvalue weighted by atomic mass is 16.6. The van der Waals surface area contributed by atoms with Crippen molar-refractivity contribution >= 4 is 23.3 Å². The maximum absolute atomic E-state index is 12.8. The quantitative estimate of drug-likeness (QED) is 0.298. The number of nitrogens with one attached hydrogen (secondary N) is 1. The molecule has 1 saturated carbocycles. The lowest BCUT2D eigenvalue weighted by Crippen LogP contribution is -2.50. The van der Waals surface area contributed by atoms with Crippen molar-refractivity contribution in [2.24, 2.45) is 5.92 Å². The van der Waals surface area contributed by atoms with Gasteiger partial charge in [-0.05, 0) is 37.7 Å². The zero-order valence-corrected chi connectivity index (χ0v) is 17.3. The third-order valence-electron chi connectivity index (χ3n) is 5.95. The van der Waals surface area contributed by atoms with Crippen molar-refractivity contribution in [3.63, 3.8) is 0 Å². The number of amides is 1. The van der Waals surface area contributed by atoms with Gasteiger partial charge in [-0.1, -0.05) is 12.8 Å². The lowest BCUT2D eigenvalue weighted by Gasteiger charge is -2.44. The summed E-state index contributed by atoms with van der Waals surface area (Å²) in [5.41, 5.74) is 0.217. The number of fused-ring (bicyclic) bond motifs is 1. The molecule has 1 heterocycles. The number of likely N-dealkylation sites (tertiary alicyclic amines) is 1. The van der Waals surface area contributed by atoms with Crippen LogP contribution in [-0.2, 0) is 14.3 Å². The number of nitro groups is 1. The number of hydrogen-bond acceptors (Lipinski definition) is 7. The molecular formula is C21H29N3O6. The average Bonchev–Trinajstić information content (AvgIpc) is 2.77. The van der Waals surface area contributed by atoms with E-state index in [1.54, 1.807) is 7.11 Å². The van der Waals surface area contributed by atoms with Crippen LogP contribution in [0.3, 0.4) is 0 Å². The monoisotopic (exact) mass is 419 g/mol. The maximum atomic E-state index is 12.8. The molecule has 164 valence electrons. The molecule has 3 rings (SSSR count). The fraction of sp³-hybridized carbons (Fsp3) is 0.619. The van der Waals surface area contributed by atoms with Crippen LogP contribution in [0.4, 0.5) is 11.4 Å². The van der Waals surface area contributed by atoms with Gasteiger partial charge in [-0.25, -0.2) is 4.79 Å². The van der Waals surface area contributed by atoms with Crippen molar-refractivity contribution in [2.75, 3.05) is 38.7 Å². The Kier molecular flexibility index (Phi) is 7.62. The first-order chi connectivity index (χ1) is 14.5. The molecule has 1 N–H and O–H groups in total. The minimum atomic E-state index is -0.760. The first-order valence-corrected chi connectivity index (χ1v) is 10.5. The molecule has 2 atom stereocenters. The summed E-state index contributed by atoms with van der Waals surface area (Å²) in [7, 11) is 1.55. The largest absolute Gasteiger partial charge is 0.452 e. The number of ether oxygens (including phenoxy) is 2. The predicted molar refractivity (Wildman–Crippen MR) is 110 cm³/mol. The van der Waals surface area contributed by atoms with E-state index in [1.165, 1.54) is 24.6 Å². The number of piperidine rings is 1. The molecule has 1 saturated heterocycles. The van der Waals surface area contributed by atoms with E-state index < -0.39 is 10.9 Å². The van der Waals surface area contributed by atoms with Gasteiger partial charge < -0.3 is 19.7 Å². The van der Waals surface area contributed by atoms with E-state index >= 15 is 0 Å². The Hall–Kier alpha value is -2.68. The van der Waals surface area contributed by atoms with E-state index in [9.17, 15) is 19.7 Å². The van der Waals surface area contributed by atoms with Crippen molar-refractivity contribution in [2.45, 2.75) is 44.6 Å². The fourth-order valence-corrected chi connectivity index (χ4v) is 4.48. The van der Waals surface area contributed by atoms with Crippen LogP contribution in [0, 0.1) is 16.0 Å². The lowest BCUT2D eigenvalue weighted by molar-refractivity contribution is -0.384. The number of hydrogen-bond donors (Lipinski definition) is 1. The number of rotatable bonds is 8. The number of methoxy groups -OCH3 is 1. The van der Waals surface area contributed by atoms with Gasteiger partial charge in [-0.3, -0.25) is 14.9 Å². The normalized spacial score (nSPS) is 20.9. The molecule has 0 radical (unpaired) electrons. The van der Waals surface area contributed by atoms with Crippen molar-refractivity contribution < 1.29 is 24.0 Å². The van der Waals surface area contributed by atoms with Gasteiger partial charge in [0, 0.05) is 44.1 Å². The van der Waals surface area contributed by atoms with Crippen LogP contribution >= 0.6 is 0 Å². The second-order valence-corrected chi connectivity index (χ2v) is 7.82. The van der Waals surface area contributed by atoms with Gasteiger partial charge in [-0.2, -0.15) is 0 Å². The first-order valence-electron chi connectivity index (χ1n) is 10.5. The minimum absolute atomic E-state index is 0.0299. The third-order valence-corrected chi connectivity index (χ3v) is 5.95. The number of carbonyl (C=O) groups excluding carboxylic acids is 2. The molecular weight excluding hydrogens is 390 g/mol. The van der Waals surface area contributed by atoms with Gasteiger partial charge in [0.1, 0.15) is 0 Å². The van der Waals surface area contributed by atoms with Gasteiger partial charge in [0.15, 0.2) is 6.61 Å². The second-order valence-electron chi connectivity index (χ2n) is 7.82. The Morgan fingerprint density at radius 1 is 1.23 bits per heavy atom. The van der Waals surface area contributed by atoms with Crippen LogP contribution in [-0.4, -0.2) is 61.2 Å². The minimum Gasteiger partial charge on any atom is -0.452 e. The number of nitro benzene ring substituents is 1. The summed E-state index contributed by atoms with van der Waals surface area (Å²) in [6.07, 6.45) is 6.61. The van der Waals surface area contributed by atoms with Gasteiger partial charge in [-0.15, -0.1) is 0 Å². The maximum Gasteiger partial charge on any atom is 0.341 e. The third kappa shape index (κ3) is 5.27. The summed E-state index contributed by atoms with van der Waals surface area (Å²) >= 11 is 0. The van der Waals surface area contributed by atoms with Crippen molar-refractivity contribution in [1.29, 1.82) is 0 Å². The molecule has 30 heavy (non-hydrogen) atoms. The number of esters is 1. The topological polar surface area (TPSA) is 111 Å². The summed E-state index contributed by atoms with van der Waals surface area (Å²) < 4.78 is 10.3. The number of benzene rings is 1. The SMILES string of the molecule is COCCNc1ccc([N+](=O)[O-])cc1C(=O)OCC(=O)N1CCC[C@@H]2CCCC[C@H]21. The Bertz CT molecular complexity index is 782. The van der Waals surface area contributed by atoms with Crippen LogP contribution in [0.15, 0.2) is 18.2 Å². The Morgan fingerprint density at radius 2 is 2.00 bits per heavy atom. The van der Waals surface area contributed by atoms with Gasteiger partial charge in [0.05, 0.1) is 17.1 Å². The molecule has 2 fully saturated rings. The number of non-ortho nitro benzene ring substituents is 1. The molecule has 0 bridgehead atoms. The van der Waals surface area contributed by atoms with Crippen LogP contribution in [0.2, 0.25) is 0 Å². The summed E-state index contributed by atoms with van der Waals surface area (Å²) in [5, 5.41) is 14.1. The highest BCUT2D eigenvalue weighted by Crippen LogP contribution is 2.35. The molecule has 1 aromatic carbocycles. The van der Waals surface area contributed by atoms with E-state index in [-0.39, 0.29) is 29.8 Å². The zero-order chi connectivity index (χ0) is 21.5. The van der Waals surface area contributed by atoms with Crippen molar-refractivity contribution in [3.8, 4) is 0 Å². The number of nitrogens with zero attached hydrogens (tertiary/aromatic N) is 2. The van der Waals surface area contributed by atoms with Crippen molar-refractivity contribution in [1.82, 2.24) is 4.90 Å². The molecule has 1 aliphatic heterocycles. The Morgan fingerprint density at radius 3 is 2.77 bits per heavy atom. The average molecular weight is 419 g/mol. The number of carbonyl (C=O) groups is 2. The molecule has 0 unspecified atom stereocenters. The van der Waals surface area contributed by atoms with Crippen LogP contribution in [0.5, 0.6) is 0 Å². The zero-order valence-electron chi connectivity index (χ0n) is 17.3. The van der Waals surface area contributed by atoms with Crippen LogP contribution < -0.4 is 5.32 Å². The second kappa shape index (κ2) is 10.4. The van der Waals surface area contributed by atoms with Gasteiger partial charge in [0.25, 0.3) is 11.6 Å². The molecule has 2 aliphatic rings. The van der Waals surface area contributed by atoms with Gasteiger partial charge in [0.2, 0.25) is 0 Å². The number of anilines is 1. The van der Waals surface area contributed by atoms with E-state index in [2.05, 4.69) is 5.32 Å². The standard InChI is InChI=1S/C21H29N3O6/c1-29-12-10-22-18-9-8-16(24(27)28)13-17(18)21(26)30-14-20(25)23-11-4-6-15-5-2-3-7-19(15)23/h8-9,13,15,19,22H,2-7,10-12,14H2,1H3/t15-,19+/m0/s1. The van der Waals surface area contributed by atoms with Crippen molar-refractivity contribution in [3.05, 3.63) is 33.9 Å². The Balaban J connectivity index is 1.66. The summed E-state index contributed by atoms with van der Waals surface area (Å²) in [6, 6.07) is 4.18. The van der Waals surface area contributed by atoms with Crippen LogP contribution in [0.25, 0.3) is 0 Å². The van der Waals surface area contributed by atoms with E-state index in [1.807, 2.05) is 4.90 Å². The summed E-state index contributed by atoms with van der Waals surface area (Å²) in [6.45, 7) is 1.16. The molecule has 1 aliphatic carbocycles. The highest BCUT2D eigenvalue weighted by molar-refractivity contribution is 5.97. The summed E-state index contributed by atoms with van der Waals surface area (Å²) in [5.74, 6) is -0.413.